The molecule has 0 radical (unpaired) electrons. The Morgan fingerprint density at radius 3 is 2.68 bits per heavy atom. The lowest BCUT2D eigenvalue weighted by Crippen LogP contribution is -2.44. The van der Waals surface area contributed by atoms with Crippen LogP contribution in [0, 0.1) is 0 Å². The van der Waals surface area contributed by atoms with Gasteiger partial charge in [0.25, 0.3) is 0 Å². The number of hydrogen-bond acceptors (Lipinski definition) is 8. The van der Waals surface area contributed by atoms with Crippen LogP contribution < -0.4 is 10.2 Å². The van der Waals surface area contributed by atoms with Crippen molar-refractivity contribution in [3.8, 4) is 11.3 Å². The van der Waals surface area contributed by atoms with E-state index in [1.54, 1.807) is 0 Å². The molecule has 0 unspecified atom stereocenters. The number of morpholine rings is 1. The van der Waals surface area contributed by atoms with Crippen LogP contribution in [0.3, 0.4) is 0 Å². The maximum Gasteiger partial charge on any atom is 0.228 e. The zero-order valence-electron chi connectivity index (χ0n) is 17.7. The molecule has 0 amide bonds. The maximum absolute atomic E-state index is 9.60. The Balaban J connectivity index is 1.53. The molecule has 3 aromatic rings. The summed E-state index contributed by atoms with van der Waals surface area (Å²) in [6.45, 7) is 8.85. The van der Waals surface area contributed by atoms with Gasteiger partial charge in [0.15, 0.2) is 5.65 Å². The van der Waals surface area contributed by atoms with E-state index >= 15 is 0 Å². The second-order valence-electron chi connectivity index (χ2n) is 8.03. The highest BCUT2D eigenvalue weighted by Gasteiger charge is 2.20. The minimum Gasteiger partial charge on any atom is -0.392 e. The second-order valence-corrected chi connectivity index (χ2v) is 8.03. The fourth-order valence-corrected chi connectivity index (χ4v) is 4.22. The third-order valence-corrected chi connectivity index (χ3v) is 6.00. The Kier molecular flexibility index (Phi) is 6.08. The van der Waals surface area contributed by atoms with Crippen molar-refractivity contribution in [1.82, 2.24) is 30.0 Å². The van der Waals surface area contributed by atoms with Gasteiger partial charge in [-0.05, 0) is 11.6 Å². The fourth-order valence-electron chi connectivity index (χ4n) is 4.22. The normalized spacial score (nSPS) is 18.0. The van der Waals surface area contributed by atoms with E-state index in [4.69, 9.17) is 14.7 Å². The van der Waals surface area contributed by atoms with Crippen molar-refractivity contribution in [2.24, 2.45) is 0 Å². The van der Waals surface area contributed by atoms with E-state index in [0.717, 1.165) is 80.2 Å². The van der Waals surface area contributed by atoms with Crippen LogP contribution in [0.5, 0.6) is 0 Å². The predicted octanol–water partition coefficient (Wildman–Crippen LogP) is 0.727. The molecule has 0 aliphatic carbocycles. The van der Waals surface area contributed by atoms with Gasteiger partial charge in [0.2, 0.25) is 5.95 Å². The van der Waals surface area contributed by atoms with Gasteiger partial charge in [-0.15, -0.1) is 0 Å². The van der Waals surface area contributed by atoms with Gasteiger partial charge in [-0.2, -0.15) is 10.1 Å². The first kappa shape index (κ1) is 20.3. The first-order valence-corrected chi connectivity index (χ1v) is 11.0. The van der Waals surface area contributed by atoms with Crippen molar-refractivity contribution in [2.75, 3.05) is 63.9 Å². The summed E-state index contributed by atoms with van der Waals surface area (Å²) in [5, 5.41) is 18.6. The van der Waals surface area contributed by atoms with Crippen LogP contribution >= 0.6 is 0 Å². The smallest absolute Gasteiger partial charge is 0.228 e. The molecular weight excluding hydrogens is 394 g/mol. The van der Waals surface area contributed by atoms with E-state index in [0.29, 0.717) is 19.2 Å². The summed E-state index contributed by atoms with van der Waals surface area (Å²) in [5.41, 5.74) is 3.55. The highest BCUT2D eigenvalue weighted by Crippen LogP contribution is 2.29. The Morgan fingerprint density at radius 2 is 1.87 bits per heavy atom. The number of nitrogens with zero attached hydrogens (tertiary/aromatic N) is 6. The van der Waals surface area contributed by atoms with Crippen molar-refractivity contribution in [2.45, 2.75) is 13.2 Å². The number of aliphatic hydroxyl groups is 1. The van der Waals surface area contributed by atoms with Gasteiger partial charge < -0.3 is 20.1 Å². The van der Waals surface area contributed by atoms with E-state index in [9.17, 15) is 5.11 Å². The summed E-state index contributed by atoms with van der Waals surface area (Å²) in [6.07, 6.45) is 1.87. The number of piperazine rings is 1. The van der Waals surface area contributed by atoms with Crippen LogP contribution in [0.2, 0.25) is 0 Å². The molecule has 4 heterocycles. The Bertz CT molecular complexity index is 1030. The summed E-state index contributed by atoms with van der Waals surface area (Å²) >= 11 is 0. The molecule has 9 heteroatoms. The van der Waals surface area contributed by atoms with Gasteiger partial charge in [0.1, 0.15) is 0 Å². The molecule has 0 spiro atoms. The molecule has 164 valence electrons. The lowest BCUT2D eigenvalue weighted by atomic mass is 10.1. The number of ether oxygens (including phenoxy) is 1. The number of hydrogen-bond donors (Lipinski definition) is 2. The molecule has 2 aliphatic heterocycles. The number of nitrogens with one attached hydrogen (secondary N) is 1. The van der Waals surface area contributed by atoms with E-state index in [-0.39, 0.29) is 6.61 Å². The minimum absolute atomic E-state index is 0.00232. The number of anilines is 1. The SMILES string of the molecule is OCc1cccc(-c2nc(N3CCOCC3)nc3c2cnn3CCN2CCNCC2)c1. The molecule has 2 aliphatic rings. The van der Waals surface area contributed by atoms with Crippen LogP contribution in [0.4, 0.5) is 5.95 Å². The molecule has 0 bridgehead atoms. The number of fused-ring (bicyclic) bond motifs is 1. The van der Waals surface area contributed by atoms with Gasteiger partial charge in [-0.3, -0.25) is 4.90 Å². The lowest BCUT2D eigenvalue weighted by molar-refractivity contribution is 0.122. The molecule has 0 atom stereocenters. The second kappa shape index (κ2) is 9.27. The van der Waals surface area contributed by atoms with Gasteiger partial charge in [-0.1, -0.05) is 18.2 Å². The lowest BCUT2D eigenvalue weighted by Gasteiger charge is -2.27. The number of aliphatic hydroxyl groups excluding tert-OH is 1. The van der Waals surface area contributed by atoms with Crippen LogP contribution in [0.25, 0.3) is 22.3 Å². The number of benzene rings is 1. The zero-order valence-corrected chi connectivity index (χ0v) is 17.7. The topological polar surface area (TPSA) is 91.6 Å². The third kappa shape index (κ3) is 4.40. The van der Waals surface area contributed by atoms with E-state index < -0.39 is 0 Å². The fraction of sp³-hybridized carbons (Fsp3) is 0.500. The maximum atomic E-state index is 9.60. The van der Waals surface area contributed by atoms with Gasteiger partial charge in [0.05, 0.1) is 43.6 Å². The Morgan fingerprint density at radius 1 is 1.03 bits per heavy atom. The van der Waals surface area contributed by atoms with E-state index in [1.165, 1.54) is 0 Å². The molecule has 2 saturated heterocycles. The zero-order chi connectivity index (χ0) is 21.0. The molecule has 9 nitrogen and oxygen atoms in total. The third-order valence-electron chi connectivity index (χ3n) is 6.00. The first-order valence-electron chi connectivity index (χ1n) is 11.0. The summed E-state index contributed by atoms with van der Waals surface area (Å²) in [5.74, 6) is 0.712. The van der Waals surface area contributed by atoms with E-state index in [2.05, 4.69) is 20.2 Å². The molecule has 2 aromatic heterocycles. The van der Waals surface area contributed by atoms with Crippen molar-refractivity contribution < 1.29 is 9.84 Å². The van der Waals surface area contributed by atoms with Crippen molar-refractivity contribution in [1.29, 1.82) is 0 Å². The first-order chi connectivity index (χ1) is 15.3. The summed E-state index contributed by atoms with van der Waals surface area (Å²) in [6, 6.07) is 7.89. The highest BCUT2D eigenvalue weighted by atomic mass is 16.5. The predicted molar refractivity (Wildman–Crippen MR) is 119 cm³/mol. The van der Waals surface area contributed by atoms with Crippen LogP contribution in [0.15, 0.2) is 30.5 Å². The van der Waals surface area contributed by atoms with Crippen molar-refractivity contribution in [3.63, 3.8) is 0 Å². The minimum atomic E-state index is 0.00232. The molecule has 1 aromatic carbocycles. The van der Waals surface area contributed by atoms with Gasteiger partial charge in [-0.25, -0.2) is 9.67 Å². The van der Waals surface area contributed by atoms with Crippen molar-refractivity contribution in [3.05, 3.63) is 36.0 Å². The summed E-state index contributed by atoms with van der Waals surface area (Å²) in [4.78, 5) is 14.5. The number of aromatic nitrogens is 4. The standard InChI is InChI=1S/C22H29N7O2/c30-16-17-2-1-3-18(14-17)20-19-15-24-29(9-8-27-6-4-23-5-7-27)21(19)26-22(25-20)28-10-12-31-13-11-28/h1-3,14-15,23,30H,4-13,16H2. The monoisotopic (exact) mass is 423 g/mol. The van der Waals surface area contributed by atoms with E-state index in [1.807, 2.05) is 35.1 Å². The molecule has 0 saturated carbocycles. The average molecular weight is 424 g/mol. The van der Waals surface area contributed by atoms with Crippen LogP contribution in [0.1, 0.15) is 5.56 Å². The molecule has 31 heavy (non-hydrogen) atoms. The van der Waals surface area contributed by atoms with Crippen molar-refractivity contribution >= 4 is 17.0 Å². The number of rotatable bonds is 6. The highest BCUT2D eigenvalue weighted by molar-refractivity contribution is 5.91. The Hall–Kier alpha value is -2.59. The summed E-state index contributed by atoms with van der Waals surface area (Å²) in [7, 11) is 0. The molecule has 2 N–H and O–H groups in total. The van der Waals surface area contributed by atoms with Gasteiger partial charge in [0, 0.05) is 51.4 Å². The summed E-state index contributed by atoms with van der Waals surface area (Å²) < 4.78 is 7.52. The molecular formula is C22H29N7O2. The Labute approximate surface area is 181 Å². The van der Waals surface area contributed by atoms with Crippen LogP contribution in [-0.2, 0) is 17.9 Å². The van der Waals surface area contributed by atoms with Gasteiger partial charge >= 0.3 is 0 Å². The quantitative estimate of drug-likeness (QED) is 0.600. The average Bonchev–Trinajstić information content (AvgIpc) is 3.26. The largest absolute Gasteiger partial charge is 0.392 e. The van der Waals surface area contributed by atoms with Crippen LogP contribution in [-0.4, -0.2) is 88.8 Å². The molecule has 2 fully saturated rings. The molecule has 5 rings (SSSR count).